The van der Waals surface area contributed by atoms with Crippen molar-refractivity contribution in [3.63, 3.8) is 0 Å². The largest absolute Gasteiger partial charge is 0.339 e. The van der Waals surface area contributed by atoms with Gasteiger partial charge in [0.1, 0.15) is 0 Å². The molecule has 1 saturated heterocycles. The highest BCUT2D eigenvalue weighted by atomic mass is 35.5. The van der Waals surface area contributed by atoms with Crippen LogP contribution in [-0.2, 0) is 21.4 Å². The zero-order valence-electron chi connectivity index (χ0n) is 12.7. The number of sulfonamides is 1. The predicted octanol–water partition coefficient (Wildman–Crippen LogP) is -0.623. The van der Waals surface area contributed by atoms with Crippen LogP contribution in [-0.4, -0.2) is 72.9 Å². The molecule has 22 heavy (non-hydrogen) atoms. The number of nitrogens with one attached hydrogen (secondary N) is 1. The van der Waals surface area contributed by atoms with Gasteiger partial charge in [-0.25, -0.2) is 13.4 Å². The van der Waals surface area contributed by atoms with Gasteiger partial charge in [-0.1, -0.05) is 0 Å². The van der Waals surface area contributed by atoms with Gasteiger partial charge in [-0.05, 0) is 6.92 Å². The molecule has 0 aromatic carbocycles. The van der Waals surface area contributed by atoms with E-state index in [1.54, 1.807) is 9.47 Å². The van der Waals surface area contributed by atoms with E-state index in [-0.39, 0.29) is 29.9 Å². The lowest BCUT2D eigenvalue weighted by Crippen LogP contribution is -2.49. The second-order valence-electron chi connectivity index (χ2n) is 4.93. The number of rotatable bonds is 5. The van der Waals surface area contributed by atoms with E-state index in [9.17, 15) is 13.2 Å². The molecule has 0 aliphatic carbocycles. The normalized spacial score (nSPS) is 15.7. The molecular weight excluding hydrogens is 330 g/mol. The molecule has 10 heteroatoms. The van der Waals surface area contributed by atoms with E-state index in [1.807, 2.05) is 6.92 Å². The first kappa shape index (κ1) is 18.9. The maximum atomic E-state index is 12.3. The molecule has 1 aliphatic heterocycles. The Bertz CT molecular complexity index is 598. The third-order valence-corrected chi connectivity index (χ3v) is 5.17. The van der Waals surface area contributed by atoms with Crippen LogP contribution >= 0.6 is 12.4 Å². The fraction of sp³-hybridized carbons (Fsp3) is 0.667. The van der Waals surface area contributed by atoms with Crippen LogP contribution in [0, 0.1) is 0 Å². The molecule has 0 saturated carbocycles. The summed E-state index contributed by atoms with van der Waals surface area (Å²) < 4.78 is 27.4. The Labute approximate surface area is 136 Å². The van der Waals surface area contributed by atoms with Gasteiger partial charge in [-0.15, -0.1) is 12.4 Å². The summed E-state index contributed by atoms with van der Waals surface area (Å²) in [4.78, 5) is 17.7. The number of hydrogen-bond donors (Lipinski definition) is 1. The third kappa shape index (κ3) is 4.19. The SMILES string of the molecule is CCn1cnc(S(=O)(=O)N(C)CC(=O)N2CCNCC2)c1.Cl. The molecule has 1 amide bonds. The molecule has 1 aromatic rings. The Hall–Kier alpha value is -1.16. The molecule has 2 rings (SSSR count). The monoisotopic (exact) mass is 351 g/mol. The molecule has 1 aliphatic rings. The van der Waals surface area contributed by atoms with Crippen molar-refractivity contribution in [1.82, 2.24) is 24.1 Å². The van der Waals surface area contributed by atoms with Crippen molar-refractivity contribution in [2.24, 2.45) is 0 Å². The molecule has 0 radical (unpaired) electrons. The van der Waals surface area contributed by atoms with Crippen molar-refractivity contribution in [3.8, 4) is 0 Å². The molecular formula is C12H22ClN5O3S. The zero-order valence-corrected chi connectivity index (χ0v) is 14.4. The third-order valence-electron chi connectivity index (χ3n) is 3.48. The second-order valence-corrected chi connectivity index (χ2v) is 6.93. The van der Waals surface area contributed by atoms with Crippen molar-refractivity contribution < 1.29 is 13.2 Å². The minimum atomic E-state index is -3.72. The van der Waals surface area contributed by atoms with Crippen molar-refractivity contribution in [2.45, 2.75) is 18.5 Å². The molecule has 0 spiro atoms. The van der Waals surface area contributed by atoms with E-state index >= 15 is 0 Å². The van der Waals surface area contributed by atoms with E-state index in [0.717, 1.165) is 17.4 Å². The van der Waals surface area contributed by atoms with Crippen molar-refractivity contribution >= 4 is 28.3 Å². The Morgan fingerprint density at radius 2 is 2.05 bits per heavy atom. The van der Waals surface area contributed by atoms with Gasteiger partial charge in [0.05, 0.1) is 12.9 Å². The first-order valence-corrected chi connectivity index (χ1v) is 8.35. The van der Waals surface area contributed by atoms with Crippen LogP contribution in [0.2, 0.25) is 0 Å². The van der Waals surface area contributed by atoms with Crippen LogP contribution < -0.4 is 5.32 Å². The maximum Gasteiger partial charge on any atom is 0.262 e. The first-order valence-electron chi connectivity index (χ1n) is 6.91. The van der Waals surface area contributed by atoms with Gasteiger partial charge in [0.25, 0.3) is 10.0 Å². The molecule has 1 fully saturated rings. The van der Waals surface area contributed by atoms with Gasteiger partial charge in [-0.3, -0.25) is 4.79 Å². The summed E-state index contributed by atoms with van der Waals surface area (Å²) in [5.41, 5.74) is 0. The Morgan fingerprint density at radius 3 is 2.59 bits per heavy atom. The number of hydrogen-bond acceptors (Lipinski definition) is 5. The lowest BCUT2D eigenvalue weighted by molar-refractivity contribution is -0.131. The number of carbonyl (C=O) groups is 1. The highest BCUT2D eigenvalue weighted by Crippen LogP contribution is 2.12. The van der Waals surface area contributed by atoms with E-state index in [2.05, 4.69) is 10.3 Å². The Kier molecular flexibility index (Phi) is 6.79. The highest BCUT2D eigenvalue weighted by molar-refractivity contribution is 7.89. The number of piperazine rings is 1. The average Bonchev–Trinajstić information content (AvgIpc) is 2.97. The predicted molar refractivity (Wildman–Crippen MR) is 84.4 cm³/mol. The summed E-state index contributed by atoms with van der Waals surface area (Å²) in [7, 11) is -2.32. The number of aromatic nitrogens is 2. The standard InChI is InChI=1S/C12H21N5O3S.ClH/c1-3-16-8-11(14-10-16)21(19,20)15(2)9-12(18)17-6-4-13-5-7-17;/h8,10,13H,3-7,9H2,1-2H3;1H. The topological polar surface area (TPSA) is 87.5 Å². The van der Waals surface area contributed by atoms with Crippen molar-refractivity contribution in [2.75, 3.05) is 39.8 Å². The van der Waals surface area contributed by atoms with Crippen molar-refractivity contribution in [1.29, 1.82) is 0 Å². The van der Waals surface area contributed by atoms with Crippen LogP contribution in [0.25, 0.3) is 0 Å². The van der Waals surface area contributed by atoms with Crippen LogP contribution in [0.3, 0.4) is 0 Å². The van der Waals surface area contributed by atoms with Crippen LogP contribution in [0.4, 0.5) is 0 Å². The van der Waals surface area contributed by atoms with Crippen LogP contribution in [0.5, 0.6) is 0 Å². The average molecular weight is 352 g/mol. The lowest BCUT2D eigenvalue weighted by Gasteiger charge is -2.28. The number of nitrogens with zero attached hydrogens (tertiary/aromatic N) is 4. The molecule has 0 atom stereocenters. The zero-order chi connectivity index (χ0) is 15.5. The number of halogens is 1. The fourth-order valence-electron chi connectivity index (χ4n) is 2.10. The molecule has 126 valence electrons. The second kappa shape index (κ2) is 7.91. The van der Waals surface area contributed by atoms with Crippen molar-refractivity contribution in [3.05, 3.63) is 12.5 Å². The number of aryl methyl sites for hydroxylation is 1. The van der Waals surface area contributed by atoms with E-state index in [0.29, 0.717) is 19.6 Å². The summed E-state index contributed by atoms with van der Waals surface area (Å²) >= 11 is 0. The highest BCUT2D eigenvalue weighted by Gasteiger charge is 2.27. The van der Waals surface area contributed by atoms with E-state index in [4.69, 9.17) is 0 Å². The van der Waals surface area contributed by atoms with Crippen LogP contribution in [0.15, 0.2) is 17.6 Å². The fourth-order valence-corrected chi connectivity index (χ4v) is 3.14. The van der Waals surface area contributed by atoms with Crippen LogP contribution in [0.1, 0.15) is 6.92 Å². The van der Waals surface area contributed by atoms with E-state index in [1.165, 1.54) is 19.6 Å². The van der Waals surface area contributed by atoms with Gasteiger partial charge in [0, 0.05) is 46.0 Å². The smallest absolute Gasteiger partial charge is 0.262 e. The summed E-state index contributed by atoms with van der Waals surface area (Å²) in [5.74, 6) is -0.183. The summed E-state index contributed by atoms with van der Waals surface area (Å²) in [6, 6.07) is 0. The number of carbonyl (C=O) groups excluding carboxylic acids is 1. The molecule has 0 bridgehead atoms. The van der Waals surface area contributed by atoms with Gasteiger partial charge >= 0.3 is 0 Å². The Balaban J connectivity index is 0.00000242. The summed E-state index contributed by atoms with van der Waals surface area (Å²) in [5, 5.41) is 3.12. The quantitative estimate of drug-likeness (QED) is 0.763. The lowest BCUT2D eigenvalue weighted by atomic mass is 10.3. The first-order chi connectivity index (χ1) is 9.95. The number of amides is 1. The Morgan fingerprint density at radius 1 is 1.41 bits per heavy atom. The maximum absolute atomic E-state index is 12.3. The molecule has 1 aromatic heterocycles. The van der Waals surface area contributed by atoms with Gasteiger partial charge in [0.15, 0.2) is 5.03 Å². The molecule has 0 unspecified atom stereocenters. The molecule has 8 nitrogen and oxygen atoms in total. The number of imidazole rings is 1. The minimum Gasteiger partial charge on any atom is -0.339 e. The van der Waals surface area contributed by atoms with Gasteiger partial charge < -0.3 is 14.8 Å². The summed E-state index contributed by atoms with van der Waals surface area (Å²) in [6.45, 7) is 5.07. The minimum absolute atomic E-state index is 0. The molecule has 2 heterocycles. The molecule has 1 N–H and O–H groups in total. The van der Waals surface area contributed by atoms with E-state index < -0.39 is 10.0 Å². The van der Waals surface area contributed by atoms with Gasteiger partial charge in [0.2, 0.25) is 5.91 Å². The van der Waals surface area contributed by atoms with Gasteiger partial charge in [-0.2, -0.15) is 4.31 Å². The summed E-state index contributed by atoms with van der Waals surface area (Å²) in [6.07, 6.45) is 2.94. The number of likely N-dealkylation sites (N-methyl/N-ethyl adjacent to an activating group) is 1.